The summed E-state index contributed by atoms with van der Waals surface area (Å²) in [6.45, 7) is 0.111. The van der Waals surface area contributed by atoms with E-state index in [2.05, 4.69) is 31.9 Å². The molecule has 0 spiro atoms. The van der Waals surface area contributed by atoms with E-state index in [4.69, 9.17) is 5.11 Å². The summed E-state index contributed by atoms with van der Waals surface area (Å²) in [7, 11) is 0. The summed E-state index contributed by atoms with van der Waals surface area (Å²) in [4.78, 5) is 0. The molecular weight excluding hydrogens is 432 g/mol. The Labute approximate surface area is 159 Å². The summed E-state index contributed by atoms with van der Waals surface area (Å²) in [5.74, 6) is 0. The van der Waals surface area contributed by atoms with E-state index in [0.29, 0.717) is 0 Å². The number of aliphatic hydroxyl groups excluding tert-OH is 2. The molecule has 4 heteroatoms. The highest BCUT2D eigenvalue weighted by Crippen LogP contribution is 2.23. The fourth-order valence-electron chi connectivity index (χ4n) is 2.14. The molecule has 1 atom stereocenters. The summed E-state index contributed by atoms with van der Waals surface area (Å²) in [5.41, 5.74) is 2.75. The van der Waals surface area contributed by atoms with Crippen LogP contribution in [-0.2, 0) is 6.61 Å². The Morgan fingerprint density at radius 2 is 1.29 bits per heavy atom. The Kier molecular flexibility index (Phi) is 7.66. The summed E-state index contributed by atoms with van der Waals surface area (Å²) in [5, 5.41) is 18.7. The number of aliphatic hydroxyl groups is 2. The SMILES string of the molecule is OC(c1ccccc1)c1cccc(Br)c1.OCc1cccc(Br)c1. The van der Waals surface area contributed by atoms with Gasteiger partial charge in [0.05, 0.1) is 6.61 Å². The van der Waals surface area contributed by atoms with Gasteiger partial charge >= 0.3 is 0 Å². The standard InChI is InChI=1S/C13H11BrO.C7H7BrO/c14-12-8-4-7-11(9-12)13(15)10-5-2-1-3-6-10;8-7-3-1-2-6(4-7)5-9/h1-9,13,15H;1-4,9H,5H2. The lowest BCUT2D eigenvalue weighted by Crippen LogP contribution is -1.98. The van der Waals surface area contributed by atoms with E-state index >= 15 is 0 Å². The first kappa shape index (κ1) is 18.9. The van der Waals surface area contributed by atoms with Crippen LogP contribution in [0.4, 0.5) is 0 Å². The van der Waals surface area contributed by atoms with Crippen LogP contribution in [-0.4, -0.2) is 10.2 Å². The lowest BCUT2D eigenvalue weighted by Gasteiger charge is -2.11. The van der Waals surface area contributed by atoms with Gasteiger partial charge in [-0.25, -0.2) is 0 Å². The van der Waals surface area contributed by atoms with E-state index in [9.17, 15) is 5.11 Å². The first-order chi connectivity index (χ1) is 11.6. The largest absolute Gasteiger partial charge is 0.392 e. The molecule has 3 aromatic rings. The highest BCUT2D eigenvalue weighted by atomic mass is 79.9. The summed E-state index contributed by atoms with van der Waals surface area (Å²) in [6.07, 6.45) is -0.552. The van der Waals surface area contributed by atoms with Gasteiger partial charge in [-0.05, 0) is 41.0 Å². The average molecular weight is 450 g/mol. The monoisotopic (exact) mass is 448 g/mol. The minimum absolute atomic E-state index is 0.111. The van der Waals surface area contributed by atoms with E-state index < -0.39 is 6.10 Å². The molecule has 24 heavy (non-hydrogen) atoms. The molecule has 0 aliphatic rings. The third kappa shape index (κ3) is 5.87. The molecule has 0 aromatic heterocycles. The minimum atomic E-state index is -0.552. The third-order valence-corrected chi connectivity index (χ3v) is 4.34. The number of benzene rings is 3. The summed E-state index contributed by atoms with van der Waals surface area (Å²) in [6, 6.07) is 25.0. The van der Waals surface area contributed by atoms with E-state index in [1.165, 1.54) is 0 Å². The number of hydrogen-bond acceptors (Lipinski definition) is 2. The fraction of sp³-hybridized carbons (Fsp3) is 0.100. The highest BCUT2D eigenvalue weighted by molar-refractivity contribution is 9.10. The maximum absolute atomic E-state index is 10.1. The van der Waals surface area contributed by atoms with Gasteiger partial charge in [0.1, 0.15) is 6.10 Å². The van der Waals surface area contributed by atoms with E-state index in [-0.39, 0.29) is 6.61 Å². The molecule has 0 bridgehead atoms. The first-order valence-electron chi connectivity index (χ1n) is 7.44. The quantitative estimate of drug-likeness (QED) is 0.556. The van der Waals surface area contributed by atoms with Crippen LogP contribution in [0.25, 0.3) is 0 Å². The Morgan fingerprint density at radius 1 is 0.708 bits per heavy atom. The molecule has 0 saturated carbocycles. The molecule has 0 heterocycles. The molecule has 3 rings (SSSR count). The zero-order chi connectivity index (χ0) is 17.4. The zero-order valence-electron chi connectivity index (χ0n) is 12.9. The molecule has 0 amide bonds. The molecule has 2 N–H and O–H groups in total. The van der Waals surface area contributed by atoms with Gasteiger partial charge in [0.2, 0.25) is 0 Å². The van der Waals surface area contributed by atoms with Crippen LogP contribution in [0, 0.1) is 0 Å². The Morgan fingerprint density at radius 3 is 1.83 bits per heavy atom. The van der Waals surface area contributed by atoms with E-state index in [1.54, 1.807) is 0 Å². The second-order valence-corrected chi connectivity index (χ2v) is 6.99. The van der Waals surface area contributed by atoms with Crippen molar-refractivity contribution < 1.29 is 10.2 Å². The van der Waals surface area contributed by atoms with Crippen LogP contribution in [0.1, 0.15) is 22.8 Å². The van der Waals surface area contributed by atoms with Gasteiger partial charge in [-0.3, -0.25) is 0 Å². The molecule has 0 aliphatic carbocycles. The van der Waals surface area contributed by atoms with E-state index in [0.717, 1.165) is 25.6 Å². The summed E-state index contributed by atoms with van der Waals surface area (Å²) >= 11 is 6.68. The number of halogens is 2. The van der Waals surface area contributed by atoms with Crippen LogP contribution in [0.15, 0.2) is 87.8 Å². The third-order valence-electron chi connectivity index (χ3n) is 3.35. The Balaban J connectivity index is 0.000000198. The normalized spacial score (nSPS) is 11.3. The van der Waals surface area contributed by atoms with Crippen molar-refractivity contribution in [3.63, 3.8) is 0 Å². The lowest BCUT2D eigenvalue weighted by molar-refractivity contribution is 0.220. The smallest absolute Gasteiger partial charge is 0.104 e. The predicted molar refractivity (Wildman–Crippen MR) is 105 cm³/mol. The summed E-state index contributed by atoms with van der Waals surface area (Å²) < 4.78 is 1.99. The molecule has 0 aliphatic heterocycles. The minimum Gasteiger partial charge on any atom is -0.392 e. The van der Waals surface area contributed by atoms with Crippen molar-refractivity contribution in [1.29, 1.82) is 0 Å². The van der Waals surface area contributed by atoms with E-state index in [1.807, 2.05) is 78.9 Å². The van der Waals surface area contributed by atoms with Crippen LogP contribution >= 0.6 is 31.9 Å². The second-order valence-electron chi connectivity index (χ2n) is 5.16. The maximum Gasteiger partial charge on any atom is 0.104 e. The predicted octanol–water partition coefficient (Wildman–Crippen LogP) is 5.47. The van der Waals surface area contributed by atoms with Crippen LogP contribution in [0.3, 0.4) is 0 Å². The van der Waals surface area contributed by atoms with Crippen LogP contribution in [0.5, 0.6) is 0 Å². The molecule has 3 aromatic carbocycles. The van der Waals surface area contributed by atoms with Gasteiger partial charge in [0.25, 0.3) is 0 Å². The van der Waals surface area contributed by atoms with Crippen molar-refractivity contribution in [2.75, 3.05) is 0 Å². The van der Waals surface area contributed by atoms with Crippen molar-refractivity contribution in [2.45, 2.75) is 12.7 Å². The van der Waals surface area contributed by atoms with Gasteiger partial charge in [-0.15, -0.1) is 0 Å². The Hall–Kier alpha value is -1.46. The first-order valence-corrected chi connectivity index (χ1v) is 9.02. The highest BCUT2D eigenvalue weighted by Gasteiger charge is 2.09. The molecular formula is C20H18Br2O2. The van der Waals surface area contributed by atoms with Crippen molar-refractivity contribution in [2.24, 2.45) is 0 Å². The molecule has 0 saturated heterocycles. The molecule has 2 nitrogen and oxygen atoms in total. The molecule has 0 fully saturated rings. The van der Waals surface area contributed by atoms with Crippen LogP contribution in [0.2, 0.25) is 0 Å². The van der Waals surface area contributed by atoms with Crippen molar-refractivity contribution in [3.05, 3.63) is 104 Å². The van der Waals surface area contributed by atoms with Crippen molar-refractivity contribution in [1.82, 2.24) is 0 Å². The second kappa shape index (κ2) is 9.74. The number of rotatable bonds is 3. The van der Waals surface area contributed by atoms with Gasteiger partial charge in [0.15, 0.2) is 0 Å². The van der Waals surface area contributed by atoms with Crippen molar-refractivity contribution >= 4 is 31.9 Å². The topological polar surface area (TPSA) is 40.5 Å². The van der Waals surface area contributed by atoms with Gasteiger partial charge in [-0.2, -0.15) is 0 Å². The van der Waals surface area contributed by atoms with Crippen molar-refractivity contribution in [3.8, 4) is 0 Å². The molecule has 0 radical (unpaired) electrons. The van der Waals surface area contributed by atoms with Gasteiger partial charge in [0, 0.05) is 8.95 Å². The van der Waals surface area contributed by atoms with Crippen LogP contribution < -0.4 is 0 Å². The van der Waals surface area contributed by atoms with Gasteiger partial charge < -0.3 is 10.2 Å². The maximum atomic E-state index is 10.1. The molecule has 1 unspecified atom stereocenters. The average Bonchev–Trinajstić information content (AvgIpc) is 2.62. The van der Waals surface area contributed by atoms with Gasteiger partial charge in [-0.1, -0.05) is 86.5 Å². The molecule has 124 valence electrons. The lowest BCUT2D eigenvalue weighted by atomic mass is 10.0. The number of hydrogen-bond donors (Lipinski definition) is 2. The zero-order valence-corrected chi connectivity index (χ0v) is 16.1. The Bertz CT molecular complexity index is 760. The fourth-order valence-corrected chi connectivity index (χ4v) is 3.00.